The summed E-state index contributed by atoms with van der Waals surface area (Å²) in [5, 5.41) is 7.56. The normalized spacial score (nSPS) is 12.5. The van der Waals surface area contributed by atoms with Crippen LogP contribution < -0.4 is 20.3 Å². The number of carbonyl (C=O) groups is 1. The molecule has 2 aromatic heterocycles. The molecule has 4 aromatic rings. The second-order valence-electron chi connectivity index (χ2n) is 7.95. The summed E-state index contributed by atoms with van der Waals surface area (Å²) in [6.07, 6.45) is 6.24. The number of amides is 1. The zero-order valence-corrected chi connectivity index (χ0v) is 18.6. The minimum absolute atomic E-state index is 0.143. The van der Waals surface area contributed by atoms with E-state index in [9.17, 15) is 9.59 Å². The number of aryl methyl sites for hydroxylation is 1. The molecule has 9 nitrogen and oxygen atoms in total. The van der Waals surface area contributed by atoms with Crippen molar-refractivity contribution in [2.24, 2.45) is 0 Å². The Labute approximate surface area is 195 Å². The Bertz CT molecular complexity index is 1450. The van der Waals surface area contributed by atoms with Crippen LogP contribution in [-0.4, -0.2) is 38.6 Å². The van der Waals surface area contributed by atoms with Gasteiger partial charge in [-0.2, -0.15) is 5.10 Å². The summed E-state index contributed by atoms with van der Waals surface area (Å²) in [6.45, 7) is 3.41. The fraction of sp³-hybridized carbons (Fsp3) is 0.200. The molecule has 0 fully saturated rings. The Balaban J connectivity index is 1.20. The molecule has 0 bridgehead atoms. The predicted octanol–water partition coefficient (Wildman–Crippen LogP) is 2.51. The number of hydrogen-bond donors (Lipinski definition) is 1. The van der Waals surface area contributed by atoms with Crippen LogP contribution in [0.4, 0.5) is 0 Å². The minimum atomic E-state index is -0.234. The SMILES string of the molecule is Cc1ccccc1Cn1cnc2c(cnn2CCNC(=O)C=Cc2ccc3c(c2)OCO3)c1=O. The van der Waals surface area contributed by atoms with Gasteiger partial charge in [-0.1, -0.05) is 30.3 Å². The molecule has 0 aliphatic carbocycles. The second kappa shape index (κ2) is 9.22. The molecule has 172 valence electrons. The number of aromatic nitrogens is 4. The van der Waals surface area contributed by atoms with Crippen LogP contribution in [0.15, 0.2) is 65.9 Å². The molecule has 0 radical (unpaired) electrons. The molecule has 34 heavy (non-hydrogen) atoms. The molecule has 0 saturated carbocycles. The zero-order valence-electron chi connectivity index (χ0n) is 18.6. The maximum absolute atomic E-state index is 12.9. The number of ether oxygens (including phenoxy) is 2. The Morgan fingerprint density at radius 1 is 1.18 bits per heavy atom. The molecule has 0 unspecified atom stereocenters. The number of rotatable bonds is 7. The number of benzene rings is 2. The molecule has 5 rings (SSSR count). The van der Waals surface area contributed by atoms with E-state index in [0.29, 0.717) is 42.2 Å². The van der Waals surface area contributed by atoms with E-state index in [4.69, 9.17) is 9.47 Å². The van der Waals surface area contributed by atoms with Gasteiger partial charge in [-0.3, -0.25) is 14.2 Å². The first-order valence-corrected chi connectivity index (χ1v) is 10.9. The van der Waals surface area contributed by atoms with Crippen LogP contribution in [-0.2, 0) is 17.9 Å². The Morgan fingerprint density at radius 2 is 2.03 bits per heavy atom. The summed E-state index contributed by atoms with van der Waals surface area (Å²) in [6, 6.07) is 13.4. The highest BCUT2D eigenvalue weighted by atomic mass is 16.7. The summed E-state index contributed by atoms with van der Waals surface area (Å²) in [7, 11) is 0. The smallest absolute Gasteiger partial charge is 0.264 e. The number of nitrogens with zero attached hydrogens (tertiary/aromatic N) is 4. The molecular weight excluding hydrogens is 434 g/mol. The molecule has 3 heterocycles. The van der Waals surface area contributed by atoms with Crippen molar-refractivity contribution in [3.63, 3.8) is 0 Å². The topological polar surface area (TPSA) is 100 Å². The molecular formula is C25H23N5O4. The van der Waals surface area contributed by atoms with Gasteiger partial charge in [0.25, 0.3) is 5.56 Å². The fourth-order valence-electron chi connectivity index (χ4n) is 3.78. The van der Waals surface area contributed by atoms with Gasteiger partial charge in [0.15, 0.2) is 17.1 Å². The van der Waals surface area contributed by atoms with E-state index in [1.165, 1.54) is 12.3 Å². The van der Waals surface area contributed by atoms with E-state index >= 15 is 0 Å². The van der Waals surface area contributed by atoms with Crippen molar-refractivity contribution >= 4 is 23.0 Å². The van der Waals surface area contributed by atoms with Crippen molar-refractivity contribution in [2.45, 2.75) is 20.0 Å². The molecule has 1 N–H and O–H groups in total. The van der Waals surface area contributed by atoms with Crippen molar-refractivity contribution in [3.8, 4) is 11.5 Å². The van der Waals surface area contributed by atoms with Crippen LogP contribution >= 0.6 is 0 Å². The highest BCUT2D eigenvalue weighted by Crippen LogP contribution is 2.32. The molecule has 1 aliphatic heterocycles. The van der Waals surface area contributed by atoms with Crippen LogP contribution in [0.25, 0.3) is 17.1 Å². The first kappa shape index (κ1) is 21.4. The largest absolute Gasteiger partial charge is 0.454 e. The maximum atomic E-state index is 12.9. The summed E-state index contributed by atoms with van der Waals surface area (Å²) in [4.78, 5) is 29.5. The van der Waals surface area contributed by atoms with Gasteiger partial charge in [-0.05, 0) is 41.8 Å². The lowest BCUT2D eigenvalue weighted by Gasteiger charge is -2.08. The highest BCUT2D eigenvalue weighted by Gasteiger charge is 2.13. The average molecular weight is 457 g/mol. The predicted molar refractivity (Wildman–Crippen MR) is 127 cm³/mol. The summed E-state index contributed by atoms with van der Waals surface area (Å²) < 4.78 is 13.8. The van der Waals surface area contributed by atoms with E-state index in [-0.39, 0.29) is 18.3 Å². The van der Waals surface area contributed by atoms with Crippen molar-refractivity contribution < 1.29 is 14.3 Å². The van der Waals surface area contributed by atoms with Gasteiger partial charge in [-0.15, -0.1) is 0 Å². The average Bonchev–Trinajstić information content (AvgIpc) is 3.48. The molecule has 1 amide bonds. The van der Waals surface area contributed by atoms with Crippen LogP contribution in [0.3, 0.4) is 0 Å². The third-order valence-corrected chi connectivity index (χ3v) is 5.67. The summed E-state index contributed by atoms with van der Waals surface area (Å²) in [5.74, 6) is 1.13. The van der Waals surface area contributed by atoms with Gasteiger partial charge in [-0.25, -0.2) is 9.67 Å². The zero-order chi connectivity index (χ0) is 23.5. The third kappa shape index (κ3) is 4.40. The van der Waals surface area contributed by atoms with E-state index in [1.807, 2.05) is 49.4 Å². The Morgan fingerprint density at radius 3 is 2.91 bits per heavy atom. The van der Waals surface area contributed by atoms with E-state index in [2.05, 4.69) is 15.4 Å². The summed E-state index contributed by atoms with van der Waals surface area (Å²) in [5.41, 5.74) is 3.37. The quantitative estimate of drug-likeness (QED) is 0.428. The second-order valence-corrected chi connectivity index (χ2v) is 7.95. The van der Waals surface area contributed by atoms with E-state index in [0.717, 1.165) is 16.7 Å². The van der Waals surface area contributed by atoms with Gasteiger partial charge in [0.1, 0.15) is 11.7 Å². The first-order valence-electron chi connectivity index (χ1n) is 10.9. The standard InChI is InChI=1S/C25H23N5O4/c1-17-4-2-3-5-19(17)14-29-15-27-24-20(25(29)32)13-28-30(24)11-10-26-23(31)9-7-18-6-8-21-22(12-18)34-16-33-21/h2-9,12-13,15H,10-11,14,16H2,1H3,(H,26,31). The first-order chi connectivity index (χ1) is 16.6. The number of hydrogen-bond acceptors (Lipinski definition) is 6. The van der Waals surface area contributed by atoms with Gasteiger partial charge in [0.05, 0.1) is 19.3 Å². The molecule has 0 atom stereocenters. The number of nitrogens with one attached hydrogen (secondary N) is 1. The summed E-state index contributed by atoms with van der Waals surface area (Å²) >= 11 is 0. The highest BCUT2D eigenvalue weighted by molar-refractivity contribution is 5.91. The molecule has 2 aromatic carbocycles. The lowest BCUT2D eigenvalue weighted by atomic mass is 10.1. The van der Waals surface area contributed by atoms with E-state index in [1.54, 1.807) is 21.7 Å². The Hall–Kier alpha value is -4.40. The van der Waals surface area contributed by atoms with Gasteiger partial charge in [0.2, 0.25) is 12.7 Å². The molecule has 0 spiro atoms. The number of carbonyl (C=O) groups excluding carboxylic acids is 1. The van der Waals surface area contributed by atoms with Crippen LogP contribution in [0.1, 0.15) is 16.7 Å². The van der Waals surface area contributed by atoms with Crippen LogP contribution in [0.5, 0.6) is 11.5 Å². The molecule has 9 heteroatoms. The Kier molecular flexibility index (Phi) is 5.82. The lowest BCUT2D eigenvalue weighted by Crippen LogP contribution is -2.26. The minimum Gasteiger partial charge on any atom is -0.454 e. The maximum Gasteiger partial charge on any atom is 0.264 e. The van der Waals surface area contributed by atoms with Crippen molar-refractivity contribution in [1.29, 1.82) is 0 Å². The van der Waals surface area contributed by atoms with Crippen molar-refractivity contribution in [1.82, 2.24) is 24.6 Å². The lowest BCUT2D eigenvalue weighted by molar-refractivity contribution is -0.116. The monoisotopic (exact) mass is 457 g/mol. The van der Waals surface area contributed by atoms with Crippen molar-refractivity contribution in [2.75, 3.05) is 13.3 Å². The number of fused-ring (bicyclic) bond motifs is 2. The third-order valence-electron chi connectivity index (χ3n) is 5.67. The molecule has 1 aliphatic rings. The fourth-order valence-corrected chi connectivity index (χ4v) is 3.78. The molecule has 0 saturated heterocycles. The van der Waals surface area contributed by atoms with E-state index < -0.39 is 0 Å². The van der Waals surface area contributed by atoms with Gasteiger partial charge in [0, 0.05) is 12.6 Å². The van der Waals surface area contributed by atoms with Crippen LogP contribution in [0, 0.1) is 6.92 Å². The van der Waals surface area contributed by atoms with Gasteiger partial charge < -0.3 is 14.8 Å². The van der Waals surface area contributed by atoms with Crippen molar-refractivity contribution in [3.05, 3.63) is 88.1 Å². The van der Waals surface area contributed by atoms with Gasteiger partial charge >= 0.3 is 0 Å². The van der Waals surface area contributed by atoms with Crippen LogP contribution in [0.2, 0.25) is 0 Å².